The third-order valence-corrected chi connectivity index (χ3v) is 5.61. The fraction of sp³-hybridized carbons (Fsp3) is 0.400. The summed E-state index contributed by atoms with van der Waals surface area (Å²) < 4.78 is 0. The number of halogens is 2. The first-order valence-electron chi connectivity index (χ1n) is 9.02. The fourth-order valence-corrected chi connectivity index (χ4v) is 4.24. The van der Waals surface area contributed by atoms with Gasteiger partial charge in [-0.1, -0.05) is 23.2 Å². The van der Waals surface area contributed by atoms with Gasteiger partial charge in [0.05, 0.1) is 5.57 Å². The number of hydrogen-bond donors (Lipinski definition) is 1. The number of carbonyl (C=O) groups is 2. The molecule has 7 heteroatoms. The molecule has 0 aliphatic carbocycles. The minimum atomic E-state index is -0.188. The Kier molecular flexibility index (Phi) is 6.58. The molecule has 1 amide bonds. The number of anilines is 1. The summed E-state index contributed by atoms with van der Waals surface area (Å²) in [6, 6.07) is 5.32. The molecule has 0 radical (unpaired) electrons. The maximum atomic E-state index is 12.9. The molecule has 0 aromatic heterocycles. The van der Waals surface area contributed by atoms with Gasteiger partial charge < -0.3 is 15.1 Å². The van der Waals surface area contributed by atoms with Crippen LogP contribution in [0, 0.1) is 5.92 Å². The molecule has 3 saturated heterocycles. The molecular weight excluding hydrogens is 385 g/mol. The number of hydrogen-bond acceptors (Lipinski definition) is 4. The van der Waals surface area contributed by atoms with Crippen molar-refractivity contribution in [2.75, 3.05) is 31.6 Å². The van der Waals surface area contributed by atoms with Gasteiger partial charge in [-0.25, -0.2) is 0 Å². The average Bonchev–Trinajstić information content (AvgIpc) is 2.65. The molecule has 1 atom stereocenters. The van der Waals surface area contributed by atoms with Gasteiger partial charge in [0.25, 0.3) is 5.91 Å². The first-order chi connectivity index (χ1) is 13.0. The maximum Gasteiger partial charge on any atom is 0.253 e. The Morgan fingerprint density at radius 2 is 1.89 bits per heavy atom. The van der Waals surface area contributed by atoms with Crippen LogP contribution in [0.2, 0.25) is 10.0 Å². The van der Waals surface area contributed by atoms with Crippen molar-refractivity contribution in [1.82, 2.24) is 10.2 Å². The normalized spacial score (nSPS) is 24.9. The molecule has 1 aromatic carbocycles. The molecule has 1 aromatic rings. The van der Waals surface area contributed by atoms with Crippen molar-refractivity contribution in [3.8, 4) is 0 Å². The summed E-state index contributed by atoms with van der Waals surface area (Å²) >= 11 is 12.1. The van der Waals surface area contributed by atoms with Gasteiger partial charge in [-0.15, -0.1) is 0 Å². The van der Waals surface area contributed by atoms with E-state index >= 15 is 0 Å². The molecule has 4 rings (SSSR count). The third-order valence-electron chi connectivity index (χ3n) is 5.18. The lowest BCUT2D eigenvalue weighted by atomic mass is 9.84. The van der Waals surface area contributed by atoms with Crippen LogP contribution in [-0.2, 0) is 9.59 Å². The van der Waals surface area contributed by atoms with E-state index in [-0.39, 0.29) is 11.9 Å². The van der Waals surface area contributed by atoms with E-state index in [1.54, 1.807) is 36.3 Å². The number of amides is 1. The predicted molar refractivity (Wildman–Crippen MR) is 109 cm³/mol. The third kappa shape index (κ3) is 5.12. The fourth-order valence-electron chi connectivity index (χ4n) is 3.73. The van der Waals surface area contributed by atoms with E-state index in [2.05, 4.69) is 10.2 Å². The van der Waals surface area contributed by atoms with Crippen molar-refractivity contribution < 1.29 is 9.59 Å². The summed E-state index contributed by atoms with van der Waals surface area (Å²) in [5.74, 6) is 0.339. The van der Waals surface area contributed by atoms with E-state index in [0.29, 0.717) is 27.8 Å². The molecule has 144 valence electrons. The molecule has 3 heterocycles. The summed E-state index contributed by atoms with van der Waals surface area (Å²) in [5.41, 5.74) is 1.15. The van der Waals surface area contributed by atoms with Crippen molar-refractivity contribution >= 4 is 41.1 Å². The van der Waals surface area contributed by atoms with Crippen molar-refractivity contribution in [3.05, 3.63) is 52.2 Å². The van der Waals surface area contributed by atoms with E-state index in [0.717, 1.165) is 38.2 Å². The van der Waals surface area contributed by atoms with Gasteiger partial charge in [0, 0.05) is 41.6 Å². The zero-order chi connectivity index (χ0) is 19.4. The monoisotopic (exact) mass is 407 g/mol. The highest BCUT2D eigenvalue weighted by molar-refractivity contribution is 6.35. The summed E-state index contributed by atoms with van der Waals surface area (Å²) in [6.45, 7) is 3.12. The van der Waals surface area contributed by atoms with Crippen LogP contribution >= 0.6 is 23.2 Å². The summed E-state index contributed by atoms with van der Waals surface area (Å²) in [5, 5.41) is 4.17. The first-order valence-corrected chi connectivity index (χ1v) is 9.77. The highest BCUT2D eigenvalue weighted by atomic mass is 35.5. The Hall–Kier alpha value is -1.82. The lowest BCUT2D eigenvalue weighted by Gasteiger charge is -2.45. The Labute approximate surface area is 169 Å². The van der Waals surface area contributed by atoms with Gasteiger partial charge in [-0.2, -0.15) is 0 Å². The minimum absolute atomic E-state index is 0.152. The molecule has 1 N–H and O–H groups in total. The lowest BCUT2D eigenvalue weighted by molar-refractivity contribution is -0.119. The largest absolute Gasteiger partial charge is 0.350 e. The number of aldehydes is 1. The lowest BCUT2D eigenvalue weighted by Crippen LogP contribution is -2.57. The SMILES string of the molecule is CN(/C=C(\C=C/C=O)C(=O)NC1CN2CCC1CC2)c1cc(Cl)cc(Cl)c1. The smallest absolute Gasteiger partial charge is 0.253 e. The standard InChI is InChI=1S/C20H23Cl2N3O2/c1-24(18-10-16(21)9-17(22)11-18)12-15(3-2-8-26)20(27)23-19-13-25-6-4-14(19)5-7-25/h2-3,8-12,14,19H,4-7,13H2,1H3,(H,23,27)/b3-2-,15-12+. The zero-order valence-electron chi connectivity index (χ0n) is 15.2. The van der Waals surface area contributed by atoms with Gasteiger partial charge in [0.1, 0.15) is 6.29 Å². The summed E-state index contributed by atoms with van der Waals surface area (Å²) in [4.78, 5) is 27.8. The van der Waals surface area contributed by atoms with Gasteiger partial charge in [0.15, 0.2) is 0 Å². The Bertz CT molecular complexity index is 750. The number of nitrogens with zero attached hydrogens (tertiary/aromatic N) is 2. The van der Waals surface area contributed by atoms with E-state index in [1.165, 1.54) is 12.2 Å². The Morgan fingerprint density at radius 1 is 1.22 bits per heavy atom. The Balaban J connectivity index is 1.77. The van der Waals surface area contributed by atoms with E-state index in [9.17, 15) is 9.59 Å². The second-order valence-electron chi connectivity index (χ2n) is 7.04. The van der Waals surface area contributed by atoms with Crippen molar-refractivity contribution in [1.29, 1.82) is 0 Å². The maximum absolute atomic E-state index is 12.9. The van der Waals surface area contributed by atoms with Gasteiger partial charge in [0.2, 0.25) is 0 Å². The van der Waals surface area contributed by atoms with Crippen molar-refractivity contribution in [3.63, 3.8) is 0 Å². The number of nitrogens with one attached hydrogen (secondary N) is 1. The number of piperidine rings is 3. The van der Waals surface area contributed by atoms with Crippen LogP contribution in [0.4, 0.5) is 5.69 Å². The number of fused-ring (bicyclic) bond motifs is 3. The molecule has 3 aliphatic heterocycles. The van der Waals surface area contributed by atoms with E-state index in [4.69, 9.17) is 23.2 Å². The predicted octanol–water partition coefficient (Wildman–Crippen LogP) is 3.28. The van der Waals surface area contributed by atoms with E-state index < -0.39 is 0 Å². The van der Waals surface area contributed by atoms with Crippen LogP contribution in [0.1, 0.15) is 12.8 Å². The summed E-state index contributed by atoms with van der Waals surface area (Å²) in [6.07, 6.45) is 7.42. The molecule has 1 unspecified atom stereocenters. The van der Waals surface area contributed by atoms with Crippen LogP contribution in [-0.4, -0.2) is 49.8 Å². The Morgan fingerprint density at radius 3 is 2.44 bits per heavy atom. The van der Waals surface area contributed by atoms with Crippen LogP contribution < -0.4 is 10.2 Å². The topological polar surface area (TPSA) is 52.7 Å². The molecule has 27 heavy (non-hydrogen) atoms. The molecular formula is C20H23Cl2N3O2. The quantitative estimate of drug-likeness (QED) is 0.446. The number of allylic oxidation sites excluding steroid dienone is 1. The van der Waals surface area contributed by atoms with Crippen LogP contribution in [0.25, 0.3) is 0 Å². The average molecular weight is 408 g/mol. The number of carbonyl (C=O) groups excluding carboxylic acids is 2. The van der Waals surface area contributed by atoms with Gasteiger partial charge in [-0.05, 0) is 62.2 Å². The number of rotatable bonds is 6. The molecule has 0 spiro atoms. The van der Waals surface area contributed by atoms with Crippen molar-refractivity contribution in [2.45, 2.75) is 18.9 Å². The molecule has 2 bridgehead atoms. The van der Waals surface area contributed by atoms with Gasteiger partial charge >= 0.3 is 0 Å². The molecule has 3 fully saturated rings. The van der Waals surface area contributed by atoms with E-state index in [1.807, 2.05) is 0 Å². The first kappa shape index (κ1) is 19.9. The molecule has 0 saturated carbocycles. The van der Waals surface area contributed by atoms with Gasteiger partial charge in [-0.3, -0.25) is 9.59 Å². The van der Waals surface area contributed by atoms with Crippen LogP contribution in [0.3, 0.4) is 0 Å². The molecule has 5 nitrogen and oxygen atoms in total. The highest BCUT2D eigenvalue weighted by Gasteiger charge is 2.35. The van der Waals surface area contributed by atoms with Crippen molar-refractivity contribution in [2.24, 2.45) is 5.92 Å². The summed E-state index contributed by atoms with van der Waals surface area (Å²) in [7, 11) is 1.80. The molecule has 3 aliphatic rings. The second kappa shape index (κ2) is 8.91. The number of benzene rings is 1. The van der Waals surface area contributed by atoms with Crippen LogP contribution in [0.15, 0.2) is 42.1 Å². The highest BCUT2D eigenvalue weighted by Crippen LogP contribution is 2.28. The van der Waals surface area contributed by atoms with Crippen LogP contribution in [0.5, 0.6) is 0 Å². The minimum Gasteiger partial charge on any atom is -0.350 e. The zero-order valence-corrected chi connectivity index (χ0v) is 16.7. The second-order valence-corrected chi connectivity index (χ2v) is 7.91.